The van der Waals surface area contributed by atoms with Gasteiger partial charge >= 0.3 is 0 Å². The molecule has 2 aromatic carbocycles. The fraction of sp³-hybridized carbons (Fsp3) is 0.355. The van der Waals surface area contributed by atoms with Crippen LogP contribution >= 0.6 is 0 Å². The molecular weight excluding hydrogens is 484 g/mol. The minimum atomic E-state index is 0.387. The third-order valence-electron chi connectivity index (χ3n) is 7.23. The molecule has 8 heteroatoms. The lowest BCUT2D eigenvalue weighted by atomic mass is 10.1. The Labute approximate surface area is 230 Å². The van der Waals surface area contributed by atoms with E-state index >= 15 is 0 Å². The van der Waals surface area contributed by atoms with E-state index in [9.17, 15) is 0 Å². The Morgan fingerprint density at radius 3 is 2.54 bits per heavy atom. The van der Waals surface area contributed by atoms with Crippen LogP contribution in [0.5, 0.6) is 0 Å². The molecule has 0 saturated heterocycles. The molecule has 0 aliphatic heterocycles. The topological polar surface area (TPSA) is 99.5 Å². The van der Waals surface area contributed by atoms with Gasteiger partial charge in [0.15, 0.2) is 17.3 Å². The summed E-state index contributed by atoms with van der Waals surface area (Å²) in [5.41, 5.74) is 14.5. The number of aromatic nitrogens is 6. The first-order chi connectivity index (χ1) is 18.9. The summed E-state index contributed by atoms with van der Waals surface area (Å²) in [6.45, 7) is 12.3. The van der Waals surface area contributed by atoms with Crippen molar-refractivity contribution >= 4 is 28.0 Å². The van der Waals surface area contributed by atoms with Crippen LogP contribution in [0.25, 0.3) is 33.6 Å². The Balaban J connectivity index is 1.11. The van der Waals surface area contributed by atoms with Gasteiger partial charge in [-0.3, -0.25) is 0 Å². The zero-order valence-electron chi connectivity index (χ0n) is 23.2. The Hall–Kier alpha value is -4.20. The third kappa shape index (κ3) is 5.95. The Morgan fingerprint density at radius 1 is 0.974 bits per heavy atom. The van der Waals surface area contributed by atoms with Crippen LogP contribution in [0.4, 0.5) is 5.82 Å². The van der Waals surface area contributed by atoms with Crippen LogP contribution in [-0.2, 0) is 19.5 Å². The Bertz CT molecular complexity index is 1580. The van der Waals surface area contributed by atoms with E-state index < -0.39 is 0 Å². The lowest BCUT2D eigenvalue weighted by Gasteiger charge is -2.12. The number of rotatable bonds is 12. The highest BCUT2D eigenvalue weighted by Gasteiger charge is 2.13. The first kappa shape index (κ1) is 26.4. The van der Waals surface area contributed by atoms with Crippen LogP contribution in [0.1, 0.15) is 63.6 Å². The van der Waals surface area contributed by atoms with Gasteiger partial charge in [-0.1, -0.05) is 50.3 Å². The minimum absolute atomic E-state index is 0.387. The smallest absolute Gasteiger partial charge is 0.166 e. The molecule has 0 aliphatic carbocycles. The van der Waals surface area contributed by atoms with Crippen LogP contribution in [0, 0.1) is 0 Å². The first-order valence-corrected chi connectivity index (χ1v) is 13.9. The Morgan fingerprint density at radius 2 is 1.77 bits per heavy atom. The number of allylic oxidation sites excluding steroid dienone is 1. The number of anilines is 1. The predicted molar refractivity (Wildman–Crippen MR) is 159 cm³/mol. The molecule has 0 unspecified atom stereocenters. The first-order valence-electron chi connectivity index (χ1n) is 13.9. The van der Waals surface area contributed by atoms with Crippen LogP contribution in [0.15, 0.2) is 67.4 Å². The Kier molecular flexibility index (Phi) is 7.91. The zero-order chi connectivity index (χ0) is 27.4. The summed E-state index contributed by atoms with van der Waals surface area (Å²) in [6, 6.07) is 15.2. The summed E-state index contributed by atoms with van der Waals surface area (Å²) >= 11 is 0. The maximum atomic E-state index is 6.24. The van der Waals surface area contributed by atoms with E-state index in [1.807, 2.05) is 12.7 Å². The molecule has 0 spiro atoms. The van der Waals surface area contributed by atoms with Gasteiger partial charge in [0.05, 0.1) is 23.7 Å². The molecule has 8 nitrogen and oxygen atoms in total. The van der Waals surface area contributed by atoms with Crippen LogP contribution < -0.4 is 11.1 Å². The van der Waals surface area contributed by atoms with Gasteiger partial charge in [0.1, 0.15) is 5.52 Å². The number of nitrogens with two attached hydrogens (primary N) is 1. The van der Waals surface area contributed by atoms with Gasteiger partial charge < -0.3 is 20.2 Å². The fourth-order valence-electron chi connectivity index (χ4n) is 4.85. The minimum Gasteiger partial charge on any atom is -0.385 e. The summed E-state index contributed by atoms with van der Waals surface area (Å²) in [5.74, 6) is 1.06. The van der Waals surface area contributed by atoms with Crippen molar-refractivity contribution in [3.8, 4) is 11.4 Å². The van der Waals surface area contributed by atoms with Gasteiger partial charge in [-0.05, 0) is 62.8 Å². The summed E-state index contributed by atoms with van der Waals surface area (Å²) in [4.78, 5) is 18.3. The van der Waals surface area contributed by atoms with Gasteiger partial charge in [0.25, 0.3) is 0 Å². The highest BCUT2D eigenvalue weighted by Crippen LogP contribution is 2.24. The molecule has 0 amide bonds. The SMILES string of the molecule is C=C(CCCCCn1cnc2c(N)nc(-c3ccc(CC)cc3)nc21)NCc1ccc2ncn(C(C)C)c2c1. The van der Waals surface area contributed by atoms with Gasteiger partial charge in [-0.25, -0.2) is 19.9 Å². The number of nitrogens with one attached hydrogen (secondary N) is 1. The van der Waals surface area contributed by atoms with Crippen molar-refractivity contribution in [2.75, 3.05) is 5.73 Å². The maximum Gasteiger partial charge on any atom is 0.166 e. The number of fused-ring (bicyclic) bond motifs is 2. The van der Waals surface area contributed by atoms with E-state index in [4.69, 9.17) is 10.7 Å². The van der Waals surface area contributed by atoms with Crippen molar-refractivity contribution in [2.24, 2.45) is 0 Å². The number of benzene rings is 2. The number of aryl methyl sites for hydroxylation is 2. The van der Waals surface area contributed by atoms with Crippen LogP contribution in [-0.4, -0.2) is 29.1 Å². The quantitative estimate of drug-likeness (QED) is 0.183. The molecule has 39 heavy (non-hydrogen) atoms. The van der Waals surface area contributed by atoms with Gasteiger partial charge in [0.2, 0.25) is 0 Å². The van der Waals surface area contributed by atoms with E-state index in [1.165, 1.54) is 16.6 Å². The van der Waals surface area contributed by atoms with Crippen molar-refractivity contribution in [3.05, 3.63) is 78.5 Å². The molecule has 3 heterocycles. The number of hydrogen-bond donors (Lipinski definition) is 2. The summed E-state index contributed by atoms with van der Waals surface area (Å²) in [7, 11) is 0. The number of nitrogen functional groups attached to an aromatic ring is 1. The molecule has 5 rings (SSSR count). The molecule has 202 valence electrons. The summed E-state index contributed by atoms with van der Waals surface area (Å²) < 4.78 is 4.30. The molecule has 0 radical (unpaired) electrons. The number of nitrogens with zero attached hydrogens (tertiary/aromatic N) is 6. The third-order valence-corrected chi connectivity index (χ3v) is 7.23. The van der Waals surface area contributed by atoms with Crippen molar-refractivity contribution in [3.63, 3.8) is 0 Å². The second-order valence-electron chi connectivity index (χ2n) is 10.4. The molecule has 0 atom stereocenters. The average Bonchev–Trinajstić information content (AvgIpc) is 3.56. The molecule has 0 bridgehead atoms. The van der Waals surface area contributed by atoms with Crippen molar-refractivity contribution in [1.82, 2.24) is 34.4 Å². The lowest BCUT2D eigenvalue weighted by Crippen LogP contribution is -2.12. The standard InChI is InChI=1S/C31H38N8/c1-5-23-10-13-25(14-11-23)30-36-29(32)28-31(37-30)38(19-35-28)16-8-6-7-9-22(4)33-18-24-12-15-26-27(17-24)39(20-34-26)21(2)3/h10-15,17,19-21,33H,4-9,16,18H2,1-3H3,(H2,32,36,37). The lowest BCUT2D eigenvalue weighted by molar-refractivity contribution is 0.583. The second kappa shape index (κ2) is 11.7. The highest BCUT2D eigenvalue weighted by atomic mass is 15.1. The predicted octanol–water partition coefficient (Wildman–Crippen LogP) is 6.43. The molecule has 5 aromatic rings. The summed E-state index contributed by atoms with van der Waals surface area (Å²) in [6.07, 6.45) is 8.88. The monoisotopic (exact) mass is 522 g/mol. The van der Waals surface area contributed by atoms with E-state index in [2.05, 4.69) is 99.2 Å². The number of hydrogen-bond acceptors (Lipinski definition) is 6. The summed E-state index contributed by atoms with van der Waals surface area (Å²) in [5, 5.41) is 3.50. The van der Waals surface area contributed by atoms with Crippen molar-refractivity contribution < 1.29 is 0 Å². The maximum absolute atomic E-state index is 6.24. The number of unbranched alkanes of at least 4 members (excludes halogenated alkanes) is 2. The molecule has 0 fully saturated rings. The second-order valence-corrected chi connectivity index (χ2v) is 10.4. The van der Waals surface area contributed by atoms with E-state index in [0.717, 1.165) is 67.6 Å². The molecule has 0 aliphatic rings. The highest BCUT2D eigenvalue weighted by molar-refractivity contribution is 5.83. The molecule has 3 N–H and O–H groups in total. The normalized spacial score (nSPS) is 11.6. The van der Waals surface area contributed by atoms with Gasteiger partial charge in [0, 0.05) is 30.4 Å². The van der Waals surface area contributed by atoms with Crippen molar-refractivity contribution in [2.45, 2.75) is 72.0 Å². The molecule has 0 saturated carbocycles. The van der Waals surface area contributed by atoms with E-state index in [0.29, 0.717) is 23.2 Å². The van der Waals surface area contributed by atoms with Gasteiger partial charge in [-0.15, -0.1) is 0 Å². The molecule has 3 aromatic heterocycles. The average molecular weight is 523 g/mol. The van der Waals surface area contributed by atoms with Crippen molar-refractivity contribution in [1.29, 1.82) is 0 Å². The largest absolute Gasteiger partial charge is 0.385 e. The van der Waals surface area contributed by atoms with E-state index in [1.54, 1.807) is 0 Å². The van der Waals surface area contributed by atoms with Crippen LogP contribution in [0.3, 0.4) is 0 Å². The van der Waals surface area contributed by atoms with E-state index in [-0.39, 0.29) is 0 Å². The van der Waals surface area contributed by atoms with Gasteiger partial charge in [-0.2, -0.15) is 0 Å². The fourth-order valence-corrected chi connectivity index (χ4v) is 4.85. The number of imidazole rings is 2. The zero-order valence-corrected chi connectivity index (χ0v) is 23.2. The van der Waals surface area contributed by atoms with Crippen LogP contribution in [0.2, 0.25) is 0 Å². The molecular formula is C31H38N8.